The Balaban J connectivity index is 1.54. The van der Waals surface area contributed by atoms with E-state index in [4.69, 9.17) is 9.47 Å². The summed E-state index contributed by atoms with van der Waals surface area (Å²) in [5.74, 6) is 1.97. The number of ether oxygens (including phenoxy) is 2. The summed E-state index contributed by atoms with van der Waals surface area (Å²) in [6.07, 6.45) is 1.09. The fourth-order valence-electron chi connectivity index (χ4n) is 4.99. The van der Waals surface area contributed by atoms with Gasteiger partial charge in [0.25, 0.3) is 5.56 Å². The summed E-state index contributed by atoms with van der Waals surface area (Å²) in [4.78, 5) is 41.7. The molecule has 1 fully saturated rings. The Morgan fingerprint density at radius 3 is 2.48 bits per heavy atom. The predicted octanol–water partition coefficient (Wildman–Crippen LogP) is 2.44. The number of benzene rings is 2. The lowest BCUT2D eigenvalue weighted by Gasteiger charge is -2.35. The van der Waals surface area contributed by atoms with E-state index in [2.05, 4.69) is 13.8 Å². The number of nitrogens with zero attached hydrogens (tertiary/aromatic N) is 3. The van der Waals surface area contributed by atoms with Crippen LogP contribution < -0.4 is 20.7 Å². The first kappa shape index (κ1) is 21.3. The number of aromatic nitrogens is 2. The number of carbonyl (C=O) groups is 1. The summed E-state index contributed by atoms with van der Waals surface area (Å²) < 4.78 is 13.4. The average molecular weight is 450 g/mol. The van der Waals surface area contributed by atoms with Crippen molar-refractivity contribution in [2.45, 2.75) is 33.4 Å². The highest BCUT2D eigenvalue weighted by molar-refractivity contribution is 5.81. The van der Waals surface area contributed by atoms with Crippen molar-refractivity contribution in [3.8, 4) is 11.5 Å². The smallest absolute Gasteiger partial charge is 0.332 e. The fraction of sp³-hybridized carbons (Fsp3) is 0.400. The molecule has 0 radical (unpaired) electrons. The van der Waals surface area contributed by atoms with Crippen molar-refractivity contribution in [1.29, 1.82) is 0 Å². The molecule has 2 aliphatic rings. The molecule has 1 amide bonds. The number of hydrogen-bond acceptors (Lipinski definition) is 5. The Bertz CT molecular complexity index is 1330. The lowest BCUT2D eigenvalue weighted by atomic mass is 9.92. The third-order valence-electron chi connectivity index (χ3n) is 6.42. The summed E-state index contributed by atoms with van der Waals surface area (Å²) in [6, 6.07) is 12.3. The maximum Gasteiger partial charge on any atom is 0.332 e. The molecule has 2 aliphatic heterocycles. The third kappa shape index (κ3) is 4.01. The Morgan fingerprint density at radius 1 is 0.970 bits per heavy atom. The van der Waals surface area contributed by atoms with Gasteiger partial charge < -0.3 is 14.4 Å². The molecule has 172 valence electrons. The van der Waals surface area contributed by atoms with Crippen LogP contribution in [-0.4, -0.2) is 39.8 Å². The second kappa shape index (κ2) is 8.42. The number of para-hydroxylation sites is 1. The van der Waals surface area contributed by atoms with Crippen molar-refractivity contribution in [2.24, 2.45) is 11.8 Å². The minimum Gasteiger partial charge on any atom is -0.454 e. The van der Waals surface area contributed by atoms with E-state index >= 15 is 0 Å². The van der Waals surface area contributed by atoms with Crippen LogP contribution >= 0.6 is 0 Å². The molecule has 0 spiro atoms. The molecule has 0 N–H and O–H groups in total. The van der Waals surface area contributed by atoms with Crippen LogP contribution in [0.3, 0.4) is 0 Å². The normalized spacial score (nSPS) is 19.8. The maximum atomic E-state index is 13.5. The van der Waals surface area contributed by atoms with Gasteiger partial charge in [0, 0.05) is 13.1 Å². The third-order valence-corrected chi connectivity index (χ3v) is 6.42. The zero-order valence-corrected chi connectivity index (χ0v) is 18.8. The SMILES string of the molecule is C[C@H]1C[C@H](C)CN(C(=O)Cn2c(=O)n(Cc3ccc4c(c3)OCO4)c(=O)c3ccccc32)C1. The van der Waals surface area contributed by atoms with Crippen LogP contribution in [0.1, 0.15) is 25.8 Å². The van der Waals surface area contributed by atoms with Crippen molar-refractivity contribution in [3.05, 3.63) is 68.9 Å². The highest BCUT2D eigenvalue weighted by Crippen LogP contribution is 2.32. The van der Waals surface area contributed by atoms with Gasteiger partial charge in [0.2, 0.25) is 12.7 Å². The molecule has 2 aromatic carbocycles. The summed E-state index contributed by atoms with van der Waals surface area (Å²) in [6.45, 7) is 5.79. The average Bonchev–Trinajstić information content (AvgIpc) is 3.26. The van der Waals surface area contributed by atoms with Crippen molar-refractivity contribution >= 4 is 16.8 Å². The number of likely N-dealkylation sites (tertiary alicyclic amines) is 1. The zero-order valence-electron chi connectivity index (χ0n) is 18.8. The first-order valence-corrected chi connectivity index (χ1v) is 11.3. The number of hydrogen-bond donors (Lipinski definition) is 0. The van der Waals surface area contributed by atoms with Gasteiger partial charge in [-0.15, -0.1) is 0 Å². The van der Waals surface area contributed by atoms with Gasteiger partial charge in [-0.3, -0.25) is 18.7 Å². The van der Waals surface area contributed by atoms with Crippen LogP contribution in [0.4, 0.5) is 0 Å². The largest absolute Gasteiger partial charge is 0.454 e. The molecule has 0 unspecified atom stereocenters. The van der Waals surface area contributed by atoms with E-state index in [-0.39, 0.29) is 31.3 Å². The van der Waals surface area contributed by atoms with Crippen LogP contribution in [-0.2, 0) is 17.9 Å². The highest BCUT2D eigenvalue weighted by atomic mass is 16.7. The predicted molar refractivity (Wildman–Crippen MR) is 124 cm³/mol. The first-order valence-electron chi connectivity index (χ1n) is 11.3. The number of fused-ring (bicyclic) bond motifs is 2. The molecule has 1 saturated heterocycles. The van der Waals surface area contributed by atoms with Gasteiger partial charge in [-0.2, -0.15) is 0 Å². The maximum absolute atomic E-state index is 13.5. The summed E-state index contributed by atoms with van der Waals surface area (Å²) >= 11 is 0. The zero-order chi connectivity index (χ0) is 23.1. The lowest BCUT2D eigenvalue weighted by Crippen LogP contribution is -2.47. The van der Waals surface area contributed by atoms with E-state index < -0.39 is 5.69 Å². The molecule has 33 heavy (non-hydrogen) atoms. The molecule has 3 aromatic rings. The van der Waals surface area contributed by atoms with Gasteiger partial charge in [-0.25, -0.2) is 4.79 Å². The van der Waals surface area contributed by atoms with E-state index in [1.54, 1.807) is 42.5 Å². The quantitative estimate of drug-likeness (QED) is 0.611. The Labute approximate surface area is 191 Å². The lowest BCUT2D eigenvalue weighted by molar-refractivity contribution is -0.134. The molecule has 0 saturated carbocycles. The summed E-state index contributed by atoms with van der Waals surface area (Å²) in [7, 11) is 0. The molecule has 1 aromatic heterocycles. The monoisotopic (exact) mass is 449 g/mol. The molecule has 0 aliphatic carbocycles. The van der Waals surface area contributed by atoms with E-state index in [1.807, 2.05) is 4.90 Å². The van der Waals surface area contributed by atoms with Gasteiger partial charge in [-0.05, 0) is 48.1 Å². The van der Waals surface area contributed by atoms with E-state index in [0.29, 0.717) is 47.3 Å². The summed E-state index contributed by atoms with van der Waals surface area (Å²) in [5, 5.41) is 0.408. The second-order valence-corrected chi connectivity index (χ2v) is 9.21. The molecule has 5 rings (SSSR count). The van der Waals surface area contributed by atoms with Crippen LogP contribution in [0.25, 0.3) is 10.9 Å². The molecule has 0 bridgehead atoms. The fourth-order valence-corrected chi connectivity index (χ4v) is 4.99. The van der Waals surface area contributed by atoms with Crippen molar-refractivity contribution in [2.75, 3.05) is 19.9 Å². The van der Waals surface area contributed by atoms with E-state index in [0.717, 1.165) is 12.0 Å². The summed E-state index contributed by atoms with van der Waals surface area (Å²) in [5.41, 5.74) is 0.339. The molecular weight excluding hydrogens is 422 g/mol. The Hall–Kier alpha value is -3.55. The molecule has 3 heterocycles. The van der Waals surface area contributed by atoms with Crippen LogP contribution in [0.2, 0.25) is 0 Å². The van der Waals surface area contributed by atoms with Crippen LogP contribution in [0.15, 0.2) is 52.1 Å². The number of piperidine rings is 1. The Kier molecular flexibility index (Phi) is 5.44. The van der Waals surface area contributed by atoms with Gasteiger partial charge in [0.05, 0.1) is 17.4 Å². The van der Waals surface area contributed by atoms with Crippen molar-refractivity contribution in [1.82, 2.24) is 14.0 Å². The number of amides is 1. The molecular formula is C25H27N3O5. The van der Waals surface area contributed by atoms with Gasteiger partial charge in [0.15, 0.2) is 11.5 Å². The molecule has 8 heteroatoms. The van der Waals surface area contributed by atoms with Gasteiger partial charge >= 0.3 is 5.69 Å². The Morgan fingerprint density at radius 2 is 1.70 bits per heavy atom. The number of carbonyl (C=O) groups excluding carboxylic acids is 1. The van der Waals surface area contributed by atoms with Crippen molar-refractivity contribution in [3.63, 3.8) is 0 Å². The topological polar surface area (TPSA) is 82.8 Å². The van der Waals surface area contributed by atoms with E-state index in [9.17, 15) is 14.4 Å². The minimum atomic E-state index is -0.497. The number of rotatable bonds is 4. The highest BCUT2D eigenvalue weighted by Gasteiger charge is 2.26. The molecule has 2 atom stereocenters. The first-order chi connectivity index (χ1) is 15.9. The van der Waals surface area contributed by atoms with Crippen LogP contribution in [0.5, 0.6) is 11.5 Å². The molecule has 8 nitrogen and oxygen atoms in total. The minimum absolute atomic E-state index is 0.0745. The van der Waals surface area contributed by atoms with Crippen LogP contribution in [0, 0.1) is 11.8 Å². The second-order valence-electron chi connectivity index (χ2n) is 9.21. The standard InChI is InChI=1S/C25H27N3O5/c1-16-9-17(2)12-26(11-16)23(29)14-27-20-6-4-3-5-19(20)24(30)28(25(27)31)13-18-7-8-21-22(10-18)33-15-32-21/h3-8,10,16-17H,9,11-15H2,1-2H3/t16-,17-/m0/s1. The van der Waals surface area contributed by atoms with Crippen molar-refractivity contribution < 1.29 is 14.3 Å². The van der Waals surface area contributed by atoms with E-state index in [1.165, 1.54) is 9.13 Å². The van der Waals surface area contributed by atoms with Gasteiger partial charge in [-0.1, -0.05) is 32.0 Å². The van der Waals surface area contributed by atoms with Gasteiger partial charge in [0.1, 0.15) is 6.54 Å².